The van der Waals surface area contributed by atoms with Crippen LogP contribution in [0.3, 0.4) is 0 Å². The summed E-state index contributed by atoms with van der Waals surface area (Å²) in [6, 6.07) is 8.77. The van der Waals surface area contributed by atoms with E-state index in [2.05, 4.69) is 15.5 Å². The van der Waals surface area contributed by atoms with Crippen LogP contribution in [0.4, 0.5) is 18.9 Å². The number of hydrogen-bond donors (Lipinski definition) is 1. The lowest BCUT2D eigenvalue weighted by atomic mass is 9.98. The van der Waals surface area contributed by atoms with Crippen LogP contribution < -0.4 is 5.32 Å². The number of amides is 1. The molecule has 0 saturated heterocycles. The van der Waals surface area contributed by atoms with E-state index in [0.717, 1.165) is 24.3 Å². The van der Waals surface area contributed by atoms with Gasteiger partial charge in [0.05, 0.1) is 10.5 Å². The highest BCUT2D eigenvalue weighted by Gasteiger charge is 2.31. The van der Waals surface area contributed by atoms with Crippen molar-refractivity contribution in [1.29, 1.82) is 0 Å². The molecule has 3 aromatic rings. The summed E-state index contributed by atoms with van der Waals surface area (Å²) in [5.74, 6) is -0.405. The number of nitro groups is 1. The SMILES string of the molecule is CC[C@@H](C)[C@@H](NC(=O)c1ccc(C(F)(F)F)cc1)c1nc(-c2ccc([N+](=O)[O-])cc2)no1. The second kappa shape index (κ2) is 9.16. The van der Waals surface area contributed by atoms with Gasteiger partial charge in [0.1, 0.15) is 6.04 Å². The molecule has 0 spiro atoms. The fourth-order valence-electron chi connectivity index (χ4n) is 2.93. The average Bonchev–Trinajstić information content (AvgIpc) is 3.26. The molecule has 1 aromatic heterocycles. The summed E-state index contributed by atoms with van der Waals surface area (Å²) in [6.07, 6.45) is -3.85. The predicted molar refractivity (Wildman–Crippen MR) is 107 cm³/mol. The van der Waals surface area contributed by atoms with Crippen LogP contribution in [0.1, 0.15) is 48.1 Å². The van der Waals surface area contributed by atoms with E-state index in [0.29, 0.717) is 12.0 Å². The Balaban J connectivity index is 1.81. The molecule has 8 nitrogen and oxygen atoms in total. The first-order valence-electron chi connectivity index (χ1n) is 9.66. The largest absolute Gasteiger partial charge is 0.416 e. The van der Waals surface area contributed by atoms with Crippen molar-refractivity contribution in [3.05, 3.63) is 75.7 Å². The number of nitro benzene ring substituents is 1. The van der Waals surface area contributed by atoms with E-state index in [1.54, 1.807) is 0 Å². The van der Waals surface area contributed by atoms with Gasteiger partial charge in [-0.05, 0) is 42.3 Å². The molecule has 1 amide bonds. The first-order valence-corrected chi connectivity index (χ1v) is 9.66. The first-order chi connectivity index (χ1) is 15.1. The summed E-state index contributed by atoms with van der Waals surface area (Å²) in [7, 11) is 0. The van der Waals surface area contributed by atoms with Gasteiger partial charge in [-0.15, -0.1) is 0 Å². The molecule has 0 aliphatic rings. The zero-order chi connectivity index (χ0) is 23.5. The second-order valence-corrected chi connectivity index (χ2v) is 7.17. The number of non-ortho nitro benzene ring substituents is 1. The lowest BCUT2D eigenvalue weighted by Gasteiger charge is -2.21. The third kappa shape index (κ3) is 5.10. The Kier molecular flexibility index (Phi) is 6.56. The number of aromatic nitrogens is 2. The van der Waals surface area contributed by atoms with Gasteiger partial charge >= 0.3 is 6.18 Å². The summed E-state index contributed by atoms with van der Waals surface area (Å²) in [4.78, 5) is 27.2. The van der Waals surface area contributed by atoms with Crippen LogP contribution >= 0.6 is 0 Å². The number of rotatable bonds is 7. The molecule has 1 N–H and O–H groups in total. The van der Waals surface area contributed by atoms with Crippen molar-refractivity contribution in [2.45, 2.75) is 32.5 Å². The summed E-state index contributed by atoms with van der Waals surface area (Å²) >= 11 is 0. The third-order valence-corrected chi connectivity index (χ3v) is 5.02. The maximum Gasteiger partial charge on any atom is 0.416 e. The van der Waals surface area contributed by atoms with Gasteiger partial charge < -0.3 is 9.84 Å². The van der Waals surface area contributed by atoms with Crippen molar-refractivity contribution >= 4 is 11.6 Å². The Morgan fingerprint density at radius 1 is 1.16 bits per heavy atom. The fraction of sp³-hybridized carbons (Fsp3) is 0.286. The Labute approximate surface area is 180 Å². The maximum absolute atomic E-state index is 12.7. The van der Waals surface area contributed by atoms with Crippen LogP contribution in [0.2, 0.25) is 0 Å². The minimum atomic E-state index is -4.49. The van der Waals surface area contributed by atoms with E-state index >= 15 is 0 Å². The molecule has 0 unspecified atom stereocenters. The van der Waals surface area contributed by atoms with E-state index in [1.165, 1.54) is 24.3 Å². The smallest absolute Gasteiger partial charge is 0.340 e. The zero-order valence-corrected chi connectivity index (χ0v) is 17.1. The molecule has 0 aliphatic heterocycles. The summed E-state index contributed by atoms with van der Waals surface area (Å²) < 4.78 is 43.6. The van der Waals surface area contributed by atoms with Gasteiger partial charge in [-0.3, -0.25) is 14.9 Å². The van der Waals surface area contributed by atoms with Gasteiger partial charge in [-0.25, -0.2) is 0 Å². The van der Waals surface area contributed by atoms with Crippen molar-refractivity contribution in [1.82, 2.24) is 15.5 Å². The van der Waals surface area contributed by atoms with Crippen molar-refractivity contribution < 1.29 is 27.4 Å². The molecular formula is C21H19F3N4O4. The van der Waals surface area contributed by atoms with Crippen LogP contribution in [0.5, 0.6) is 0 Å². The molecule has 32 heavy (non-hydrogen) atoms. The van der Waals surface area contributed by atoms with E-state index in [4.69, 9.17) is 4.52 Å². The van der Waals surface area contributed by atoms with E-state index in [1.807, 2.05) is 13.8 Å². The maximum atomic E-state index is 12.7. The van der Waals surface area contributed by atoms with E-state index < -0.39 is 28.6 Å². The second-order valence-electron chi connectivity index (χ2n) is 7.17. The number of hydrogen-bond acceptors (Lipinski definition) is 6. The Morgan fingerprint density at radius 3 is 2.31 bits per heavy atom. The molecule has 168 valence electrons. The quantitative estimate of drug-likeness (QED) is 0.394. The molecule has 2 atom stereocenters. The van der Waals surface area contributed by atoms with Gasteiger partial charge in [-0.1, -0.05) is 25.4 Å². The highest BCUT2D eigenvalue weighted by atomic mass is 19.4. The molecule has 11 heteroatoms. The molecule has 0 saturated carbocycles. The Hall–Kier alpha value is -3.76. The lowest BCUT2D eigenvalue weighted by molar-refractivity contribution is -0.384. The highest BCUT2D eigenvalue weighted by Crippen LogP contribution is 2.30. The van der Waals surface area contributed by atoms with Crippen LogP contribution in [-0.2, 0) is 6.18 Å². The van der Waals surface area contributed by atoms with Crippen molar-refractivity contribution in [2.24, 2.45) is 5.92 Å². The lowest BCUT2D eigenvalue weighted by Crippen LogP contribution is -2.32. The molecular weight excluding hydrogens is 429 g/mol. The van der Waals surface area contributed by atoms with Gasteiger partial charge in [0.15, 0.2) is 0 Å². The number of nitrogens with zero attached hydrogens (tertiary/aromatic N) is 3. The number of carbonyl (C=O) groups excluding carboxylic acids is 1. The highest BCUT2D eigenvalue weighted by molar-refractivity contribution is 5.94. The first kappa shape index (κ1) is 22.9. The fourth-order valence-corrected chi connectivity index (χ4v) is 2.93. The molecule has 0 radical (unpaired) electrons. The van der Waals surface area contributed by atoms with Crippen molar-refractivity contribution in [2.75, 3.05) is 0 Å². The number of carbonyl (C=O) groups is 1. The van der Waals surface area contributed by atoms with Gasteiger partial charge in [0, 0.05) is 23.3 Å². The molecule has 3 rings (SSSR count). The zero-order valence-electron chi connectivity index (χ0n) is 17.1. The Bertz CT molecular complexity index is 1100. The predicted octanol–water partition coefficient (Wildman–Crippen LogP) is 5.18. The van der Waals surface area contributed by atoms with Crippen molar-refractivity contribution in [3.63, 3.8) is 0 Å². The minimum Gasteiger partial charge on any atom is -0.340 e. The molecule has 2 aromatic carbocycles. The standard InChI is InChI=1S/C21H19F3N4O4/c1-3-12(2)17(25-19(29)14-4-8-15(9-5-14)21(22,23)24)20-26-18(27-32-20)13-6-10-16(11-7-13)28(30)31/h4-12,17H,3H2,1-2H3,(H,25,29)/t12-,17-/m1/s1. The molecule has 1 heterocycles. The topological polar surface area (TPSA) is 111 Å². The minimum absolute atomic E-state index is 0.0569. The van der Waals surface area contributed by atoms with Crippen LogP contribution in [0, 0.1) is 16.0 Å². The number of halogens is 3. The van der Waals surface area contributed by atoms with Gasteiger partial charge in [0.25, 0.3) is 11.6 Å². The molecule has 0 aliphatic carbocycles. The summed E-state index contributed by atoms with van der Waals surface area (Å²) in [5.41, 5.74) is -0.389. The summed E-state index contributed by atoms with van der Waals surface area (Å²) in [5, 5.41) is 17.4. The van der Waals surface area contributed by atoms with E-state index in [-0.39, 0.29) is 28.9 Å². The van der Waals surface area contributed by atoms with Crippen LogP contribution in [0.25, 0.3) is 11.4 Å². The number of benzene rings is 2. The number of nitrogens with one attached hydrogen (secondary N) is 1. The van der Waals surface area contributed by atoms with Crippen molar-refractivity contribution in [3.8, 4) is 11.4 Å². The molecule has 0 fully saturated rings. The summed E-state index contributed by atoms with van der Waals surface area (Å²) in [6.45, 7) is 3.75. The average molecular weight is 448 g/mol. The van der Waals surface area contributed by atoms with Crippen LogP contribution in [0.15, 0.2) is 53.1 Å². The normalized spacial score (nSPS) is 13.4. The third-order valence-electron chi connectivity index (χ3n) is 5.02. The Morgan fingerprint density at radius 2 is 1.78 bits per heavy atom. The van der Waals surface area contributed by atoms with E-state index in [9.17, 15) is 28.1 Å². The number of alkyl halides is 3. The van der Waals surface area contributed by atoms with Gasteiger partial charge in [0.2, 0.25) is 11.7 Å². The van der Waals surface area contributed by atoms with Crippen LogP contribution in [-0.4, -0.2) is 21.0 Å². The monoisotopic (exact) mass is 448 g/mol. The molecule has 0 bridgehead atoms. The van der Waals surface area contributed by atoms with Gasteiger partial charge in [-0.2, -0.15) is 18.2 Å².